The zero-order valence-electron chi connectivity index (χ0n) is 13.0. The van der Waals surface area contributed by atoms with Gasteiger partial charge >= 0.3 is 0 Å². The highest BCUT2D eigenvalue weighted by Gasteiger charge is 2.34. The fourth-order valence-corrected chi connectivity index (χ4v) is 4.45. The fraction of sp³-hybridized carbons (Fsp3) is 1.00. The summed E-state index contributed by atoms with van der Waals surface area (Å²) in [6.07, 6.45) is 11.4. The Bertz CT molecular complexity index is 282. The van der Waals surface area contributed by atoms with Crippen molar-refractivity contribution in [2.24, 2.45) is 11.3 Å². The number of nitrogens with one attached hydrogen (secondary N) is 1. The molecule has 1 N–H and O–H groups in total. The topological polar surface area (TPSA) is 15.3 Å². The van der Waals surface area contributed by atoms with E-state index in [1.54, 1.807) is 0 Å². The van der Waals surface area contributed by atoms with Crippen LogP contribution in [-0.2, 0) is 0 Å². The third-order valence-electron chi connectivity index (χ3n) is 6.34. The highest BCUT2D eigenvalue weighted by molar-refractivity contribution is 4.92. The lowest BCUT2D eigenvalue weighted by atomic mass is 9.78. The number of likely N-dealkylation sites (tertiary alicyclic amines) is 1. The van der Waals surface area contributed by atoms with Crippen molar-refractivity contribution in [2.45, 2.75) is 77.3 Å². The molecule has 0 aromatic heterocycles. The van der Waals surface area contributed by atoms with Gasteiger partial charge in [-0.25, -0.2) is 0 Å². The van der Waals surface area contributed by atoms with Crippen LogP contribution in [0.1, 0.15) is 65.2 Å². The SMILES string of the molecule is CCC1(C)CCN(CCC2CC3CCC(C2)N3)CC1. The van der Waals surface area contributed by atoms with Crippen LogP contribution in [0.5, 0.6) is 0 Å². The predicted molar refractivity (Wildman–Crippen MR) is 81.4 cm³/mol. The maximum absolute atomic E-state index is 3.76. The van der Waals surface area contributed by atoms with Crippen LogP contribution in [0.15, 0.2) is 0 Å². The van der Waals surface area contributed by atoms with Gasteiger partial charge < -0.3 is 10.2 Å². The lowest BCUT2D eigenvalue weighted by Crippen LogP contribution is -2.41. The summed E-state index contributed by atoms with van der Waals surface area (Å²) in [5.74, 6) is 1.01. The van der Waals surface area contributed by atoms with E-state index >= 15 is 0 Å². The van der Waals surface area contributed by atoms with E-state index < -0.39 is 0 Å². The molecule has 3 aliphatic rings. The van der Waals surface area contributed by atoms with Gasteiger partial charge in [-0.1, -0.05) is 20.3 Å². The zero-order valence-corrected chi connectivity index (χ0v) is 13.0. The van der Waals surface area contributed by atoms with Gasteiger partial charge in [0.2, 0.25) is 0 Å². The average molecular weight is 264 g/mol. The molecule has 3 saturated heterocycles. The summed E-state index contributed by atoms with van der Waals surface area (Å²) >= 11 is 0. The van der Waals surface area contributed by atoms with E-state index in [1.165, 1.54) is 71.0 Å². The van der Waals surface area contributed by atoms with Crippen LogP contribution in [0.4, 0.5) is 0 Å². The van der Waals surface area contributed by atoms with Gasteiger partial charge in [-0.15, -0.1) is 0 Å². The number of hydrogen-bond donors (Lipinski definition) is 1. The normalized spacial score (nSPS) is 38.5. The summed E-state index contributed by atoms with van der Waals surface area (Å²) in [6, 6.07) is 1.74. The van der Waals surface area contributed by atoms with Gasteiger partial charge in [-0.05, 0) is 75.9 Å². The zero-order chi connectivity index (χ0) is 13.3. The molecule has 3 aliphatic heterocycles. The van der Waals surface area contributed by atoms with Crippen molar-refractivity contribution in [1.82, 2.24) is 10.2 Å². The van der Waals surface area contributed by atoms with Gasteiger partial charge in [0.1, 0.15) is 0 Å². The van der Waals surface area contributed by atoms with Gasteiger partial charge in [0.15, 0.2) is 0 Å². The second-order valence-corrected chi connectivity index (χ2v) is 7.77. The van der Waals surface area contributed by atoms with Gasteiger partial charge in [0.05, 0.1) is 0 Å². The Morgan fingerprint density at radius 3 is 2.32 bits per heavy atom. The summed E-state index contributed by atoms with van der Waals surface area (Å²) in [6.45, 7) is 8.91. The molecule has 0 radical (unpaired) electrons. The van der Waals surface area contributed by atoms with Crippen LogP contribution in [0, 0.1) is 11.3 Å². The molecule has 2 atom stereocenters. The van der Waals surface area contributed by atoms with Gasteiger partial charge in [0.25, 0.3) is 0 Å². The van der Waals surface area contributed by atoms with Crippen molar-refractivity contribution in [3.63, 3.8) is 0 Å². The van der Waals surface area contributed by atoms with Crippen molar-refractivity contribution in [2.75, 3.05) is 19.6 Å². The lowest BCUT2D eigenvalue weighted by Gasteiger charge is -2.39. The molecule has 0 spiro atoms. The predicted octanol–water partition coefficient (Wildman–Crippen LogP) is 3.42. The highest BCUT2D eigenvalue weighted by Crippen LogP contribution is 2.35. The molecule has 2 bridgehead atoms. The molecule has 19 heavy (non-hydrogen) atoms. The maximum Gasteiger partial charge on any atom is 0.00728 e. The number of fused-ring (bicyclic) bond motifs is 2. The summed E-state index contributed by atoms with van der Waals surface area (Å²) in [5.41, 5.74) is 0.643. The second-order valence-electron chi connectivity index (χ2n) is 7.77. The molecule has 0 aromatic rings. The first-order chi connectivity index (χ1) is 9.17. The molecule has 3 rings (SSSR count). The quantitative estimate of drug-likeness (QED) is 0.837. The summed E-state index contributed by atoms with van der Waals surface area (Å²) in [4.78, 5) is 2.74. The van der Waals surface area contributed by atoms with E-state index in [0.29, 0.717) is 5.41 Å². The summed E-state index contributed by atoms with van der Waals surface area (Å²) in [5, 5.41) is 3.76. The van der Waals surface area contributed by atoms with Crippen LogP contribution in [0.3, 0.4) is 0 Å². The van der Waals surface area contributed by atoms with Crippen molar-refractivity contribution < 1.29 is 0 Å². The molecular weight excluding hydrogens is 232 g/mol. The second kappa shape index (κ2) is 5.73. The van der Waals surface area contributed by atoms with Crippen LogP contribution in [-0.4, -0.2) is 36.6 Å². The van der Waals surface area contributed by atoms with E-state index in [0.717, 1.165) is 18.0 Å². The van der Waals surface area contributed by atoms with E-state index in [9.17, 15) is 0 Å². The van der Waals surface area contributed by atoms with Crippen molar-refractivity contribution in [3.8, 4) is 0 Å². The molecule has 2 heteroatoms. The van der Waals surface area contributed by atoms with E-state index in [4.69, 9.17) is 0 Å². The van der Waals surface area contributed by atoms with Crippen molar-refractivity contribution in [3.05, 3.63) is 0 Å². The summed E-state index contributed by atoms with van der Waals surface area (Å²) in [7, 11) is 0. The third kappa shape index (κ3) is 3.33. The Balaban J connectivity index is 1.39. The molecule has 3 heterocycles. The third-order valence-corrected chi connectivity index (χ3v) is 6.34. The Morgan fingerprint density at radius 1 is 1.11 bits per heavy atom. The Kier molecular flexibility index (Phi) is 4.19. The first-order valence-corrected chi connectivity index (χ1v) is 8.65. The van der Waals surface area contributed by atoms with Crippen molar-refractivity contribution >= 4 is 0 Å². The van der Waals surface area contributed by atoms with Crippen LogP contribution in [0.2, 0.25) is 0 Å². The van der Waals surface area contributed by atoms with Gasteiger partial charge in [0, 0.05) is 12.1 Å². The highest BCUT2D eigenvalue weighted by atomic mass is 15.1. The first kappa shape index (κ1) is 13.9. The maximum atomic E-state index is 3.76. The first-order valence-electron chi connectivity index (χ1n) is 8.65. The largest absolute Gasteiger partial charge is 0.311 e. The van der Waals surface area contributed by atoms with E-state index in [2.05, 4.69) is 24.1 Å². The fourth-order valence-electron chi connectivity index (χ4n) is 4.45. The minimum Gasteiger partial charge on any atom is -0.311 e. The minimum atomic E-state index is 0.643. The van der Waals surface area contributed by atoms with Crippen molar-refractivity contribution in [1.29, 1.82) is 0 Å². The molecule has 3 fully saturated rings. The molecule has 2 nitrogen and oxygen atoms in total. The molecular formula is C17H32N2. The molecule has 0 aromatic carbocycles. The van der Waals surface area contributed by atoms with Crippen LogP contribution in [0.25, 0.3) is 0 Å². The number of hydrogen-bond acceptors (Lipinski definition) is 2. The van der Waals surface area contributed by atoms with Crippen LogP contribution >= 0.6 is 0 Å². The minimum absolute atomic E-state index is 0.643. The van der Waals surface area contributed by atoms with E-state index in [-0.39, 0.29) is 0 Å². The molecule has 2 unspecified atom stereocenters. The number of nitrogens with zero attached hydrogens (tertiary/aromatic N) is 1. The Labute approximate surface area is 119 Å². The number of piperidine rings is 2. The standard InChI is InChI=1S/C17H32N2/c1-3-17(2)7-10-19(11-8-17)9-6-14-12-15-4-5-16(13-14)18-15/h14-16,18H,3-13H2,1-2H3. The molecule has 0 saturated carbocycles. The lowest BCUT2D eigenvalue weighted by molar-refractivity contribution is 0.106. The average Bonchev–Trinajstić information content (AvgIpc) is 2.77. The van der Waals surface area contributed by atoms with E-state index in [1.807, 2.05) is 0 Å². The Hall–Kier alpha value is -0.0800. The number of rotatable bonds is 4. The van der Waals surface area contributed by atoms with Gasteiger partial charge in [-0.2, -0.15) is 0 Å². The Morgan fingerprint density at radius 2 is 1.74 bits per heavy atom. The van der Waals surface area contributed by atoms with Crippen LogP contribution < -0.4 is 5.32 Å². The molecule has 0 amide bonds. The molecule has 110 valence electrons. The molecule has 0 aliphatic carbocycles. The monoisotopic (exact) mass is 264 g/mol. The van der Waals surface area contributed by atoms with Gasteiger partial charge in [-0.3, -0.25) is 0 Å². The smallest absolute Gasteiger partial charge is 0.00728 e. The summed E-state index contributed by atoms with van der Waals surface area (Å²) < 4.78 is 0.